The lowest BCUT2D eigenvalue weighted by molar-refractivity contribution is 0.362. The average molecular weight is 511 g/mol. The van der Waals surface area contributed by atoms with Crippen LogP contribution in [0.4, 0.5) is 5.88 Å². The molecule has 4 aromatic rings. The van der Waals surface area contributed by atoms with Crippen molar-refractivity contribution in [2.24, 2.45) is 4.99 Å². The fourth-order valence-electron chi connectivity index (χ4n) is 3.55. The van der Waals surface area contributed by atoms with Crippen molar-refractivity contribution < 1.29 is 9.15 Å². The molecule has 0 unspecified atom stereocenters. The SMILES string of the molecule is C=CCOc1ccc(Br)cc1C=Nc1oc(-c2ccc(C)cc2)c(-c2ccc(C)cc2)c1C#N. The first-order chi connectivity index (χ1) is 16.5. The van der Waals surface area contributed by atoms with Crippen LogP contribution in [0.1, 0.15) is 22.3 Å². The molecule has 0 radical (unpaired) electrons. The van der Waals surface area contributed by atoms with Crippen LogP contribution in [-0.2, 0) is 0 Å². The summed E-state index contributed by atoms with van der Waals surface area (Å²) in [6.07, 6.45) is 3.34. The third kappa shape index (κ3) is 5.03. The van der Waals surface area contributed by atoms with E-state index < -0.39 is 0 Å². The standard InChI is InChI=1S/C29H23BrN2O2/c1-4-15-33-26-14-13-24(30)16-23(26)18-32-29-25(17-31)27(21-9-5-19(2)6-10-21)28(34-29)22-11-7-20(3)8-12-22/h4-14,16,18H,1,15H2,2-3H3. The van der Waals surface area contributed by atoms with Crippen molar-refractivity contribution in [2.45, 2.75) is 13.8 Å². The first-order valence-corrected chi connectivity index (χ1v) is 11.6. The quantitative estimate of drug-likeness (QED) is 0.186. The molecule has 0 amide bonds. The van der Waals surface area contributed by atoms with Crippen LogP contribution >= 0.6 is 15.9 Å². The second-order valence-electron chi connectivity index (χ2n) is 7.87. The lowest BCUT2D eigenvalue weighted by Crippen LogP contribution is -1.96. The van der Waals surface area contributed by atoms with E-state index in [-0.39, 0.29) is 5.88 Å². The zero-order chi connectivity index (χ0) is 24.1. The van der Waals surface area contributed by atoms with E-state index in [1.54, 1.807) is 12.3 Å². The monoisotopic (exact) mass is 510 g/mol. The highest BCUT2D eigenvalue weighted by atomic mass is 79.9. The number of ether oxygens (including phenoxy) is 1. The summed E-state index contributed by atoms with van der Waals surface area (Å²) >= 11 is 3.49. The minimum atomic E-state index is 0.253. The molecule has 34 heavy (non-hydrogen) atoms. The molecule has 1 heterocycles. The van der Waals surface area contributed by atoms with Gasteiger partial charge in [0.2, 0.25) is 5.88 Å². The molecule has 5 heteroatoms. The van der Waals surface area contributed by atoms with E-state index in [9.17, 15) is 5.26 Å². The number of rotatable bonds is 7. The number of halogens is 1. The maximum absolute atomic E-state index is 10.1. The average Bonchev–Trinajstić information content (AvgIpc) is 3.21. The Balaban J connectivity index is 1.86. The van der Waals surface area contributed by atoms with Crippen LogP contribution in [0.3, 0.4) is 0 Å². The Bertz CT molecular complexity index is 1390. The summed E-state index contributed by atoms with van der Waals surface area (Å²) in [5, 5.41) is 10.1. The van der Waals surface area contributed by atoms with E-state index in [1.165, 1.54) is 0 Å². The molecular weight excluding hydrogens is 488 g/mol. The number of benzene rings is 3. The van der Waals surface area contributed by atoms with E-state index in [4.69, 9.17) is 9.15 Å². The van der Waals surface area contributed by atoms with Crippen molar-refractivity contribution in [3.8, 4) is 34.3 Å². The van der Waals surface area contributed by atoms with Gasteiger partial charge in [0.05, 0.1) is 0 Å². The molecule has 0 atom stereocenters. The zero-order valence-corrected chi connectivity index (χ0v) is 20.6. The van der Waals surface area contributed by atoms with Gasteiger partial charge in [0.25, 0.3) is 0 Å². The fraction of sp³-hybridized carbons (Fsp3) is 0.103. The maximum Gasteiger partial charge on any atom is 0.238 e. The van der Waals surface area contributed by atoms with E-state index in [2.05, 4.69) is 33.6 Å². The first kappa shape index (κ1) is 23.3. The van der Waals surface area contributed by atoms with E-state index >= 15 is 0 Å². The van der Waals surface area contributed by atoms with Gasteiger partial charge in [0.15, 0.2) is 0 Å². The van der Waals surface area contributed by atoms with E-state index in [0.717, 1.165) is 37.9 Å². The van der Waals surface area contributed by atoms with Crippen molar-refractivity contribution in [1.82, 2.24) is 0 Å². The van der Waals surface area contributed by atoms with Gasteiger partial charge >= 0.3 is 0 Å². The third-order valence-corrected chi connectivity index (χ3v) is 5.80. The van der Waals surface area contributed by atoms with Crippen LogP contribution in [0.2, 0.25) is 0 Å². The normalized spacial score (nSPS) is 10.9. The molecule has 0 bridgehead atoms. The summed E-state index contributed by atoms with van der Waals surface area (Å²) in [5.74, 6) is 1.53. The molecule has 0 N–H and O–H groups in total. The van der Waals surface area contributed by atoms with Crippen LogP contribution in [0.5, 0.6) is 5.75 Å². The molecule has 0 saturated heterocycles. The van der Waals surface area contributed by atoms with Gasteiger partial charge in [0, 0.05) is 27.4 Å². The molecule has 0 saturated carbocycles. The van der Waals surface area contributed by atoms with Gasteiger partial charge in [-0.3, -0.25) is 0 Å². The molecule has 168 valence electrons. The van der Waals surface area contributed by atoms with Gasteiger partial charge < -0.3 is 9.15 Å². The zero-order valence-electron chi connectivity index (χ0n) is 19.0. The lowest BCUT2D eigenvalue weighted by Gasteiger charge is -2.07. The Kier molecular flexibility index (Phi) is 7.10. The van der Waals surface area contributed by atoms with Crippen molar-refractivity contribution in [3.05, 3.63) is 106 Å². The summed E-state index contributed by atoms with van der Waals surface area (Å²) in [5.41, 5.74) is 5.95. The number of aliphatic imine (C=N–C) groups is 1. The van der Waals surface area contributed by atoms with Crippen molar-refractivity contribution >= 4 is 28.0 Å². The second-order valence-corrected chi connectivity index (χ2v) is 8.79. The van der Waals surface area contributed by atoms with Gasteiger partial charge in [-0.25, -0.2) is 4.99 Å². The highest BCUT2D eigenvalue weighted by Gasteiger charge is 2.23. The molecule has 3 aromatic carbocycles. The van der Waals surface area contributed by atoms with Crippen molar-refractivity contribution in [1.29, 1.82) is 5.26 Å². The van der Waals surface area contributed by atoms with Crippen molar-refractivity contribution in [2.75, 3.05) is 6.61 Å². The maximum atomic E-state index is 10.1. The number of aryl methyl sites for hydroxylation is 2. The smallest absolute Gasteiger partial charge is 0.238 e. The minimum Gasteiger partial charge on any atom is -0.489 e. The Morgan fingerprint density at radius 2 is 1.65 bits per heavy atom. The Labute approximate surface area is 208 Å². The molecule has 0 aliphatic rings. The van der Waals surface area contributed by atoms with Gasteiger partial charge in [0.1, 0.15) is 29.7 Å². The van der Waals surface area contributed by atoms with Crippen molar-refractivity contribution in [3.63, 3.8) is 0 Å². The number of hydrogen-bond donors (Lipinski definition) is 0. The van der Waals surface area contributed by atoms with E-state index in [0.29, 0.717) is 23.7 Å². The fourth-order valence-corrected chi connectivity index (χ4v) is 3.93. The van der Waals surface area contributed by atoms with Crippen LogP contribution < -0.4 is 4.74 Å². The molecular formula is C29H23BrN2O2. The molecule has 4 rings (SSSR count). The summed E-state index contributed by atoms with van der Waals surface area (Å²) in [4.78, 5) is 4.58. The molecule has 0 spiro atoms. The number of furan rings is 1. The molecule has 4 nitrogen and oxygen atoms in total. The van der Waals surface area contributed by atoms with Gasteiger partial charge in [-0.2, -0.15) is 5.26 Å². The Hall–Kier alpha value is -3.88. The van der Waals surface area contributed by atoms with Gasteiger partial charge in [-0.05, 0) is 37.6 Å². The minimum absolute atomic E-state index is 0.253. The Morgan fingerprint density at radius 3 is 2.26 bits per heavy atom. The summed E-state index contributed by atoms with van der Waals surface area (Å²) in [6, 6.07) is 24.1. The second kappa shape index (κ2) is 10.4. The first-order valence-electron chi connectivity index (χ1n) is 10.8. The van der Waals surface area contributed by atoms with E-state index in [1.807, 2.05) is 80.6 Å². The van der Waals surface area contributed by atoms with Crippen LogP contribution in [0.25, 0.3) is 22.5 Å². The molecule has 0 fully saturated rings. The number of nitrogens with zero attached hydrogens (tertiary/aromatic N) is 2. The predicted molar refractivity (Wildman–Crippen MR) is 141 cm³/mol. The molecule has 0 aliphatic carbocycles. The molecule has 1 aromatic heterocycles. The number of nitriles is 1. The number of hydrogen-bond acceptors (Lipinski definition) is 4. The largest absolute Gasteiger partial charge is 0.489 e. The predicted octanol–water partition coefficient (Wildman–Crippen LogP) is 8.18. The topological polar surface area (TPSA) is 58.5 Å². The van der Waals surface area contributed by atoms with Gasteiger partial charge in [-0.1, -0.05) is 88.2 Å². The molecule has 0 aliphatic heterocycles. The van der Waals surface area contributed by atoms with Gasteiger partial charge in [-0.15, -0.1) is 0 Å². The highest BCUT2D eigenvalue weighted by molar-refractivity contribution is 9.10. The summed E-state index contributed by atoms with van der Waals surface area (Å²) in [6.45, 7) is 8.15. The summed E-state index contributed by atoms with van der Waals surface area (Å²) < 4.78 is 12.9. The van der Waals surface area contributed by atoms with Crippen LogP contribution in [0.15, 0.2) is 93.3 Å². The lowest BCUT2D eigenvalue weighted by atomic mass is 9.97. The highest BCUT2D eigenvalue weighted by Crippen LogP contribution is 2.42. The van der Waals surface area contributed by atoms with Crippen LogP contribution in [0, 0.1) is 25.2 Å². The van der Waals surface area contributed by atoms with Crippen LogP contribution in [-0.4, -0.2) is 12.8 Å². The summed E-state index contributed by atoms with van der Waals surface area (Å²) in [7, 11) is 0. The third-order valence-electron chi connectivity index (χ3n) is 5.30. The Morgan fingerprint density at radius 1 is 1.00 bits per heavy atom.